The second-order valence-electron chi connectivity index (χ2n) is 3.85. The molecule has 0 aliphatic heterocycles. The van der Waals surface area contributed by atoms with Crippen molar-refractivity contribution >= 4 is 22.8 Å². The van der Waals surface area contributed by atoms with Gasteiger partial charge < -0.3 is 10.5 Å². The van der Waals surface area contributed by atoms with Crippen molar-refractivity contribution in [2.45, 2.75) is 13.0 Å². The van der Waals surface area contributed by atoms with Crippen LogP contribution >= 0.6 is 0 Å². The molecule has 2 N–H and O–H groups in total. The number of esters is 1. The molecule has 0 bridgehead atoms. The van der Waals surface area contributed by atoms with E-state index in [0.29, 0.717) is 11.0 Å². The molecule has 1 atom stereocenters. The Morgan fingerprint density at radius 2 is 2.00 bits per heavy atom. The lowest BCUT2D eigenvalue weighted by Gasteiger charge is -2.09. The largest absolute Gasteiger partial charge is 0.460 e. The van der Waals surface area contributed by atoms with Gasteiger partial charge in [0, 0.05) is 0 Å². The number of carbonyl (C=O) groups is 2. The summed E-state index contributed by atoms with van der Waals surface area (Å²) in [7, 11) is 0. The fraction of sp³-hybridized carbons (Fsp3) is 0.231. The van der Waals surface area contributed by atoms with Gasteiger partial charge in [-0.05, 0) is 19.1 Å². The quantitative estimate of drug-likeness (QED) is 0.643. The molecule has 0 aliphatic rings. The smallest absolute Gasteiger partial charge is 0.376 e. The van der Waals surface area contributed by atoms with Crippen molar-refractivity contribution < 1.29 is 14.3 Å². The number of nitrogens with zero attached hydrogens (tertiary/aromatic N) is 2. The number of rotatable bonds is 4. The minimum Gasteiger partial charge on any atom is -0.460 e. The standard InChI is InChI=1S/C13H13N3O3/c1-2-19-13(18)12(17)11(14)10-7-15-8-5-3-4-6-9(8)16-10/h3-7,11H,2,14H2,1H3. The lowest BCUT2D eigenvalue weighted by atomic mass is 10.1. The second kappa shape index (κ2) is 5.53. The first kappa shape index (κ1) is 13.1. The van der Waals surface area contributed by atoms with Gasteiger partial charge in [-0.15, -0.1) is 0 Å². The van der Waals surface area contributed by atoms with E-state index in [9.17, 15) is 9.59 Å². The first-order chi connectivity index (χ1) is 9.13. The highest BCUT2D eigenvalue weighted by molar-refractivity contribution is 6.35. The number of hydrogen-bond donors (Lipinski definition) is 1. The summed E-state index contributed by atoms with van der Waals surface area (Å²) in [5.41, 5.74) is 7.27. The van der Waals surface area contributed by atoms with Gasteiger partial charge in [-0.3, -0.25) is 9.78 Å². The summed E-state index contributed by atoms with van der Waals surface area (Å²) < 4.78 is 4.62. The van der Waals surface area contributed by atoms with Crippen LogP contribution in [0.5, 0.6) is 0 Å². The molecule has 1 aromatic carbocycles. The molecule has 0 spiro atoms. The number of fused-ring (bicyclic) bond motifs is 1. The minimum absolute atomic E-state index is 0.126. The van der Waals surface area contributed by atoms with Gasteiger partial charge >= 0.3 is 5.97 Å². The maximum atomic E-state index is 11.7. The predicted octanol–water partition coefficient (Wildman–Crippen LogP) is 0.762. The van der Waals surface area contributed by atoms with Crippen LogP contribution in [-0.2, 0) is 14.3 Å². The van der Waals surface area contributed by atoms with E-state index >= 15 is 0 Å². The van der Waals surface area contributed by atoms with E-state index in [1.807, 2.05) is 6.07 Å². The number of nitrogens with two attached hydrogens (primary N) is 1. The fourth-order valence-electron chi connectivity index (χ4n) is 1.58. The van der Waals surface area contributed by atoms with Gasteiger partial charge in [0.2, 0.25) is 0 Å². The van der Waals surface area contributed by atoms with E-state index in [1.165, 1.54) is 6.20 Å². The Balaban J connectivity index is 2.28. The Hall–Kier alpha value is -2.34. The highest BCUT2D eigenvalue weighted by atomic mass is 16.5. The Morgan fingerprint density at radius 1 is 1.32 bits per heavy atom. The molecule has 0 saturated carbocycles. The van der Waals surface area contributed by atoms with Gasteiger partial charge in [0.1, 0.15) is 6.04 Å². The molecule has 6 nitrogen and oxygen atoms in total. The number of ketones is 1. The van der Waals surface area contributed by atoms with Crippen molar-refractivity contribution in [3.63, 3.8) is 0 Å². The number of carbonyl (C=O) groups excluding carboxylic acids is 2. The van der Waals surface area contributed by atoms with Gasteiger partial charge in [-0.2, -0.15) is 0 Å². The average molecular weight is 259 g/mol. The predicted molar refractivity (Wildman–Crippen MR) is 68.1 cm³/mol. The van der Waals surface area contributed by atoms with E-state index in [-0.39, 0.29) is 12.3 Å². The van der Waals surface area contributed by atoms with E-state index in [1.54, 1.807) is 25.1 Å². The number of ether oxygens (including phenoxy) is 1. The van der Waals surface area contributed by atoms with Crippen molar-refractivity contribution in [1.29, 1.82) is 0 Å². The summed E-state index contributed by atoms with van der Waals surface area (Å²) >= 11 is 0. The number of benzene rings is 1. The summed E-state index contributed by atoms with van der Waals surface area (Å²) in [5.74, 6) is -1.78. The second-order valence-corrected chi connectivity index (χ2v) is 3.85. The van der Waals surface area contributed by atoms with E-state index in [4.69, 9.17) is 5.73 Å². The molecule has 2 aromatic rings. The molecule has 0 radical (unpaired) electrons. The number of Topliss-reactive ketones (excluding diaryl/α,β-unsaturated/α-hetero) is 1. The van der Waals surface area contributed by atoms with Gasteiger partial charge in [0.05, 0.1) is 29.5 Å². The minimum atomic E-state index is -1.16. The van der Waals surface area contributed by atoms with Gasteiger partial charge in [-0.25, -0.2) is 9.78 Å². The van der Waals surface area contributed by atoms with Crippen LogP contribution in [0.1, 0.15) is 18.7 Å². The van der Waals surface area contributed by atoms with Crippen LogP contribution < -0.4 is 5.73 Å². The Morgan fingerprint density at radius 3 is 2.68 bits per heavy atom. The van der Waals surface area contributed by atoms with Crippen LogP contribution in [0.15, 0.2) is 30.5 Å². The van der Waals surface area contributed by atoms with Crippen molar-refractivity contribution in [3.05, 3.63) is 36.2 Å². The summed E-state index contributed by atoms with van der Waals surface area (Å²) in [5, 5.41) is 0. The lowest BCUT2D eigenvalue weighted by Crippen LogP contribution is -2.30. The fourth-order valence-corrected chi connectivity index (χ4v) is 1.58. The molecule has 0 aliphatic carbocycles. The molecule has 1 heterocycles. The highest BCUT2D eigenvalue weighted by Crippen LogP contribution is 2.13. The molecule has 98 valence electrons. The maximum absolute atomic E-state index is 11.7. The molecule has 2 rings (SSSR count). The Bertz CT molecular complexity index is 627. The third kappa shape index (κ3) is 2.74. The maximum Gasteiger partial charge on any atom is 0.376 e. The summed E-state index contributed by atoms with van der Waals surface area (Å²) in [4.78, 5) is 31.4. The first-order valence-corrected chi connectivity index (χ1v) is 5.81. The normalized spacial score (nSPS) is 12.1. The summed E-state index contributed by atoms with van der Waals surface area (Å²) in [6, 6.07) is 6.04. The summed E-state index contributed by atoms with van der Waals surface area (Å²) in [6.07, 6.45) is 1.39. The number of aromatic nitrogens is 2. The van der Waals surface area contributed by atoms with Crippen molar-refractivity contribution in [3.8, 4) is 0 Å². The third-order valence-corrected chi connectivity index (χ3v) is 2.54. The zero-order valence-electron chi connectivity index (χ0n) is 10.4. The van der Waals surface area contributed by atoms with E-state index in [0.717, 1.165) is 0 Å². The van der Waals surface area contributed by atoms with Crippen LogP contribution in [0.25, 0.3) is 11.0 Å². The highest BCUT2D eigenvalue weighted by Gasteiger charge is 2.26. The SMILES string of the molecule is CCOC(=O)C(=O)C(N)c1cnc2ccccc2n1. The number of hydrogen-bond acceptors (Lipinski definition) is 6. The molecule has 1 unspecified atom stereocenters. The molecular weight excluding hydrogens is 246 g/mol. The molecule has 0 amide bonds. The summed E-state index contributed by atoms with van der Waals surface area (Å²) in [6.45, 7) is 1.74. The molecule has 0 saturated heterocycles. The molecule has 1 aromatic heterocycles. The Kier molecular flexibility index (Phi) is 3.82. The van der Waals surface area contributed by atoms with Gasteiger partial charge in [0.25, 0.3) is 5.78 Å². The molecular formula is C13H13N3O3. The zero-order chi connectivity index (χ0) is 13.8. The monoisotopic (exact) mass is 259 g/mol. The van der Waals surface area contributed by atoms with Crippen LogP contribution in [0.3, 0.4) is 0 Å². The zero-order valence-corrected chi connectivity index (χ0v) is 10.4. The van der Waals surface area contributed by atoms with Crippen LogP contribution in [0.2, 0.25) is 0 Å². The molecule has 6 heteroatoms. The van der Waals surface area contributed by atoms with Gasteiger partial charge in [-0.1, -0.05) is 12.1 Å². The van der Waals surface area contributed by atoms with Crippen LogP contribution in [0.4, 0.5) is 0 Å². The van der Waals surface area contributed by atoms with Gasteiger partial charge in [0.15, 0.2) is 0 Å². The van der Waals surface area contributed by atoms with Crippen molar-refractivity contribution in [1.82, 2.24) is 9.97 Å². The Labute approximate surface area is 109 Å². The third-order valence-electron chi connectivity index (χ3n) is 2.54. The van der Waals surface area contributed by atoms with Crippen LogP contribution in [0, 0.1) is 0 Å². The van der Waals surface area contributed by atoms with Crippen molar-refractivity contribution in [2.75, 3.05) is 6.61 Å². The average Bonchev–Trinajstić information content (AvgIpc) is 2.45. The topological polar surface area (TPSA) is 95.2 Å². The van der Waals surface area contributed by atoms with Crippen molar-refractivity contribution in [2.24, 2.45) is 5.73 Å². The van der Waals surface area contributed by atoms with Crippen LogP contribution in [-0.4, -0.2) is 28.3 Å². The lowest BCUT2D eigenvalue weighted by molar-refractivity contribution is -0.154. The van der Waals surface area contributed by atoms with E-state index in [2.05, 4.69) is 14.7 Å². The van der Waals surface area contributed by atoms with E-state index < -0.39 is 17.8 Å². The molecule has 19 heavy (non-hydrogen) atoms. The number of para-hydroxylation sites is 2. The molecule has 0 fully saturated rings. The first-order valence-electron chi connectivity index (χ1n) is 5.81.